The van der Waals surface area contributed by atoms with Crippen molar-refractivity contribution < 1.29 is 22.7 Å². The Labute approximate surface area is 231 Å². The zero-order chi connectivity index (χ0) is 28.0. The number of anilines is 2. The third-order valence-electron chi connectivity index (χ3n) is 7.00. The molecule has 3 aromatic carbocycles. The number of nitrogens with one attached hydrogen (secondary N) is 1. The predicted molar refractivity (Wildman–Crippen MR) is 154 cm³/mol. The van der Waals surface area contributed by atoms with Gasteiger partial charge in [-0.1, -0.05) is 36.8 Å². The minimum absolute atomic E-state index is 0.00357. The van der Waals surface area contributed by atoms with E-state index in [0.29, 0.717) is 23.9 Å². The monoisotopic (exact) mass is 551 g/mol. The lowest BCUT2D eigenvalue weighted by Crippen LogP contribution is -2.40. The summed E-state index contributed by atoms with van der Waals surface area (Å²) < 4.78 is 39.2. The zero-order valence-electron chi connectivity index (χ0n) is 23.0. The predicted octanol–water partition coefficient (Wildman–Crippen LogP) is 4.76. The van der Waals surface area contributed by atoms with Crippen LogP contribution in [0.25, 0.3) is 0 Å². The maximum absolute atomic E-state index is 13.8. The van der Waals surface area contributed by atoms with Crippen LogP contribution < -0.4 is 24.0 Å². The second kappa shape index (κ2) is 12.4. The molecule has 9 heteroatoms. The molecule has 1 aliphatic rings. The largest absolute Gasteiger partial charge is 0.493 e. The van der Waals surface area contributed by atoms with Gasteiger partial charge in [0.2, 0.25) is 5.91 Å². The summed E-state index contributed by atoms with van der Waals surface area (Å²) in [6.45, 7) is 6.24. The third-order valence-corrected chi connectivity index (χ3v) is 8.77. The van der Waals surface area contributed by atoms with Crippen molar-refractivity contribution in [3.8, 4) is 11.5 Å². The SMILES string of the molecule is COc1ccc(S(=O)(=O)N(CC(=O)NCc2ccc(N3CCCC(C)C3)cc2)c2ccc(C)cc2)cc1OC. The molecule has 208 valence electrons. The summed E-state index contributed by atoms with van der Waals surface area (Å²) >= 11 is 0. The molecule has 39 heavy (non-hydrogen) atoms. The Kier molecular flexibility index (Phi) is 9.01. The number of aryl methyl sites for hydroxylation is 1. The summed E-state index contributed by atoms with van der Waals surface area (Å²) in [6.07, 6.45) is 2.46. The van der Waals surface area contributed by atoms with E-state index in [4.69, 9.17) is 9.47 Å². The topological polar surface area (TPSA) is 88.2 Å². The normalized spacial score (nSPS) is 15.5. The van der Waals surface area contributed by atoms with Gasteiger partial charge in [0.15, 0.2) is 11.5 Å². The Morgan fingerprint density at radius 2 is 1.69 bits per heavy atom. The number of methoxy groups -OCH3 is 2. The van der Waals surface area contributed by atoms with Crippen LogP contribution in [0.2, 0.25) is 0 Å². The fourth-order valence-corrected chi connectivity index (χ4v) is 6.20. The van der Waals surface area contributed by atoms with Crippen LogP contribution in [0, 0.1) is 12.8 Å². The van der Waals surface area contributed by atoms with Crippen molar-refractivity contribution in [2.75, 3.05) is 43.1 Å². The fraction of sp³-hybridized carbons (Fsp3) is 0.367. The number of carbonyl (C=O) groups is 1. The molecule has 1 heterocycles. The third kappa shape index (κ3) is 6.84. The second-order valence-corrected chi connectivity index (χ2v) is 11.9. The highest BCUT2D eigenvalue weighted by Crippen LogP contribution is 2.32. The van der Waals surface area contributed by atoms with Crippen molar-refractivity contribution >= 4 is 27.3 Å². The first-order valence-corrected chi connectivity index (χ1v) is 14.6. The number of rotatable bonds is 10. The van der Waals surface area contributed by atoms with Crippen molar-refractivity contribution in [1.29, 1.82) is 0 Å². The van der Waals surface area contributed by atoms with Gasteiger partial charge in [0.1, 0.15) is 6.54 Å². The van der Waals surface area contributed by atoms with E-state index in [1.54, 1.807) is 12.1 Å². The van der Waals surface area contributed by atoms with Crippen molar-refractivity contribution in [3.63, 3.8) is 0 Å². The number of sulfonamides is 1. The molecule has 0 aromatic heterocycles. The van der Waals surface area contributed by atoms with Gasteiger partial charge >= 0.3 is 0 Å². The van der Waals surface area contributed by atoms with Gasteiger partial charge in [-0.05, 0) is 67.6 Å². The zero-order valence-corrected chi connectivity index (χ0v) is 23.8. The smallest absolute Gasteiger partial charge is 0.264 e. The minimum atomic E-state index is -4.09. The fourth-order valence-electron chi connectivity index (χ4n) is 4.77. The average molecular weight is 552 g/mol. The molecule has 0 spiro atoms. The van der Waals surface area contributed by atoms with Crippen LogP contribution in [0.15, 0.2) is 71.6 Å². The molecule has 1 amide bonds. The molecule has 1 atom stereocenters. The van der Waals surface area contributed by atoms with Crippen molar-refractivity contribution in [3.05, 3.63) is 77.9 Å². The van der Waals surface area contributed by atoms with Crippen LogP contribution >= 0.6 is 0 Å². The summed E-state index contributed by atoms with van der Waals surface area (Å²) in [5, 5.41) is 2.88. The highest BCUT2D eigenvalue weighted by molar-refractivity contribution is 7.92. The minimum Gasteiger partial charge on any atom is -0.493 e. The molecule has 1 saturated heterocycles. The molecule has 8 nitrogen and oxygen atoms in total. The van der Waals surface area contributed by atoms with Crippen LogP contribution in [0.4, 0.5) is 11.4 Å². The number of benzene rings is 3. The van der Waals surface area contributed by atoms with Crippen LogP contribution in [0.5, 0.6) is 11.5 Å². The molecule has 0 bridgehead atoms. The lowest BCUT2D eigenvalue weighted by atomic mass is 9.99. The van der Waals surface area contributed by atoms with Crippen molar-refractivity contribution in [2.24, 2.45) is 5.92 Å². The Bertz CT molecular complexity index is 1370. The molecule has 4 rings (SSSR count). The van der Waals surface area contributed by atoms with Gasteiger partial charge in [-0.3, -0.25) is 9.10 Å². The van der Waals surface area contributed by atoms with E-state index in [2.05, 4.69) is 29.3 Å². The number of piperidine rings is 1. The van der Waals surface area contributed by atoms with E-state index in [1.807, 2.05) is 31.2 Å². The lowest BCUT2D eigenvalue weighted by Gasteiger charge is -2.32. The van der Waals surface area contributed by atoms with E-state index in [1.165, 1.54) is 50.9 Å². The maximum atomic E-state index is 13.8. The summed E-state index contributed by atoms with van der Waals surface area (Å²) in [6, 6.07) is 19.6. The summed E-state index contributed by atoms with van der Waals surface area (Å²) in [5.41, 5.74) is 3.50. The van der Waals surface area contributed by atoms with Crippen LogP contribution in [-0.4, -0.2) is 48.2 Å². The standard InChI is InChI=1S/C30H37N3O5S/c1-22-7-11-26(12-8-22)33(39(35,36)27-15-16-28(37-3)29(18-27)38-4)21-30(34)31-19-24-9-13-25(14-10-24)32-17-5-6-23(2)20-32/h7-16,18,23H,5-6,17,19-21H2,1-4H3,(H,31,34). The van der Waals surface area contributed by atoms with E-state index in [-0.39, 0.29) is 17.2 Å². The van der Waals surface area contributed by atoms with Crippen molar-refractivity contribution in [1.82, 2.24) is 5.32 Å². The molecule has 3 aromatic rings. The highest BCUT2D eigenvalue weighted by atomic mass is 32.2. The van der Waals surface area contributed by atoms with Gasteiger partial charge in [-0.15, -0.1) is 0 Å². The lowest BCUT2D eigenvalue weighted by molar-refractivity contribution is -0.119. The summed E-state index contributed by atoms with van der Waals surface area (Å²) in [7, 11) is -1.17. The van der Waals surface area contributed by atoms with Crippen LogP contribution in [0.3, 0.4) is 0 Å². The molecule has 1 fully saturated rings. The summed E-state index contributed by atoms with van der Waals surface area (Å²) in [4.78, 5) is 15.4. The highest BCUT2D eigenvalue weighted by Gasteiger charge is 2.28. The molecular weight excluding hydrogens is 514 g/mol. The van der Waals surface area contributed by atoms with Crippen molar-refractivity contribution in [2.45, 2.75) is 38.1 Å². The molecule has 1 aliphatic heterocycles. The first-order valence-electron chi connectivity index (χ1n) is 13.1. The van der Waals surface area contributed by atoms with E-state index >= 15 is 0 Å². The molecule has 0 saturated carbocycles. The molecule has 1 N–H and O–H groups in total. The molecule has 0 aliphatic carbocycles. The quantitative estimate of drug-likeness (QED) is 0.391. The molecular formula is C30H37N3O5S. The van der Waals surface area contributed by atoms with Gasteiger partial charge in [0, 0.05) is 31.4 Å². The number of carbonyl (C=O) groups excluding carboxylic acids is 1. The Balaban J connectivity index is 1.49. The van der Waals surface area contributed by atoms with Gasteiger partial charge in [-0.2, -0.15) is 0 Å². The number of hydrogen-bond donors (Lipinski definition) is 1. The van der Waals surface area contributed by atoms with Gasteiger partial charge in [0.05, 0.1) is 24.8 Å². The molecule has 0 radical (unpaired) electrons. The second-order valence-electron chi connectivity index (χ2n) is 10.0. The summed E-state index contributed by atoms with van der Waals surface area (Å²) in [5.74, 6) is 0.976. The number of ether oxygens (including phenoxy) is 2. The van der Waals surface area contributed by atoms with Crippen LogP contribution in [-0.2, 0) is 21.4 Å². The number of nitrogens with zero attached hydrogens (tertiary/aromatic N) is 2. The van der Waals surface area contributed by atoms with E-state index < -0.39 is 15.9 Å². The first-order chi connectivity index (χ1) is 18.7. The van der Waals surface area contributed by atoms with Gasteiger partial charge in [-0.25, -0.2) is 8.42 Å². The molecule has 1 unspecified atom stereocenters. The van der Waals surface area contributed by atoms with E-state index in [0.717, 1.165) is 28.5 Å². The first kappa shape index (κ1) is 28.3. The Hall–Kier alpha value is -3.72. The van der Waals surface area contributed by atoms with Gasteiger partial charge < -0.3 is 19.7 Å². The van der Waals surface area contributed by atoms with E-state index in [9.17, 15) is 13.2 Å². The maximum Gasteiger partial charge on any atom is 0.264 e. The van der Waals surface area contributed by atoms with Crippen LogP contribution in [0.1, 0.15) is 30.9 Å². The number of amides is 1. The Morgan fingerprint density at radius 1 is 1.00 bits per heavy atom. The average Bonchev–Trinajstić information content (AvgIpc) is 2.95. The van der Waals surface area contributed by atoms with Gasteiger partial charge in [0.25, 0.3) is 10.0 Å². The number of hydrogen-bond acceptors (Lipinski definition) is 6. The Morgan fingerprint density at radius 3 is 2.33 bits per heavy atom.